The lowest BCUT2D eigenvalue weighted by molar-refractivity contribution is -0.116. The highest BCUT2D eigenvalue weighted by Gasteiger charge is 2.16. The number of methoxy groups -OCH3 is 2. The number of allylic oxidation sites excluding steroid dienone is 1. The maximum Gasteiger partial charge on any atom is 0.244 e. The minimum absolute atomic E-state index is 0.223. The Morgan fingerprint density at radius 3 is 2.50 bits per heavy atom. The van der Waals surface area contributed by atoms with Gasteiger partial charge in [0.2, 0.25) is 5.91 Å². The molecule has 1 N–H and O–H groups in total. The van der Waals surface area contributed by atoms with Crippen molar-refractivity contribution in [1.29, 1.82) is 0 Å². The van der Waals surface area contributed by atoms with Crippen LogP contribution in [-0.4, -0.2) is 20.1 Å². The second kappa shape index (κ2) is 10.2. The second-order valence-electron chi connectivity index (χ2n) is 7.68. The summed E-state index contributed by atoms with van der Waals surface area (Å²) in [6.07, 6.45) is 3.20. The van der Waals surface area contributed by atoms with Gasteiger partial charge in [0.1, 0.15) is 17.1 Å². The Labute approximate surface area is 207 Å². The van der Waals surface area contributed by atoms with E-state index in [1.807, 2.05) is 49.4 Å². The molecule has 1 aromatic heterocycles. The van der Waals surface area contributed by atoms with Gasteiger partial charge in [-0.05, 0) is 36.8 Å². The molecular weight excluding hydrogens is 473 g/mol. The minimum atomic E-state index is -0.223. The number of hydrogen-bond acceptors (Lipinski definition) is 4. The second-order valence-corrected chi connectivity index (χ2v) is 8.52. The molecule has 4 aromatic rings. The fourth-order valence-electron chi connectivity index (χ4n) is 3.81. The lowest BCUT2D eigenvalue weighted by atomic mass is 9.99. The molecule has 0 aliphatic carbocycles. The maximum absolute atomic E-state index is 12.7. The van der Waals surface area contributed by atoms with Gasteiger partial charge in [-0.25, -0.2) is 0 Å². The van der Waals surface area contributed by atoms with E-state index in [9.17, 15) is 4.79 Å². The first kappa shape index (κ1) is 23.7. The molecule has 0 unspecified atom stereocenters. The first-order valence-electron chi connectivity index (χ1n) is 10.5. The van der Waals surface area contributed by atoms with Gasteiger partial charge in [-0.1, -0.05) is 47.5 Å². The van der Waals surface area contributed by atoms with Crippen molar-refractivity contribution in [2.75, 3.05) is 14.2 Å². The number of para-hydroxylation sites is 1. The van der Waals surface area contributed by atoms with E-state index in [0.29, 0.717) is 27.9 Å². The largest absolute Gasteiger partial charge is 0.496 e. The molecule has 0 fully saturated rings. The van der Waals surface area contributed by atoms with Gasteiger partial charge in [-0.3, -0.25) is 4.79 Å². The quantitative estimate of drug-likeness (QED) is 0.276. The molecule has 1 heterocycles. The molecule has 0 aliphatic rings. The smallest absolute Gasteiger partial charge is 0.244 e. The molecule has 34 heavy (non-hydrogen) atoms. The Kier molecular flexibility index (Phi) is 7.15. The molecule has 0 radical (unpaired) electrons. The highest BCUT2D eigenvalue weighted by Crippen LogP contribution is 2.40. The first-order chi connectivity index (χ1) is 16.4. The summed E-state index contributed by atoms with van der Waals surface area (Å²) in [6, 6.07) is 16.6. The van der Waals surface area contributed by atoms with Crippen molar-refractivity contribution >= 4 is 45.7 Å². The number of carbonyl (C=O) groups is 1. The minimum Gasteiger partial charge on any atom is -0.496 e. The molecule has 1 amide bonds. The Balaban J connectivity index is 1.65. The fraction of sp³-hybridized carbons (Fsp3) is 0.148. The van der Waals surface area contributed by atoms with Gasteiger partial charge in [0.15, 0.2) is 0 Å². The van der Waals surface area contributed by atoms with Gasteiger partial charge in [-0.15, -0.1) is 0 Å². The number of benzene rings is 3. The Bertz CT molecular complexity index is 1390. The summed E-state index contributed by atoms with van der Waals surface area (Å²) >= 11 is 12.5. The number of carbonyl (C=O) groups excluding carboxylic acids is 1. The van der Waals surface area contributed by atoms with E-state index in [4.69, 9.17) is 37.1 Å². The molecule has 0 saturated heterocycles. The summed E-state index contributed by atoms with van der Waals surface area (Å²) in [5.74, 6) is 1.10. The zero-order chi connectivity index (χ0) is 24.2. The van der Waals surface area contributed by atoms with E-state index < -0.39 is 0 Å². The van der Waals surface area contributed by atoms with Gasteiger partial charge in [0.05, 0.1) is 25.5 Å². The number of amides is 1. The van der Waals surface area contributed by atoms with Crippen LogP contribution in [0, 0.1) is 0 Å². The Morgan fingerprint density at radius 2 is 1.76 bits per heavy atom. The fourth-order valence-corrected chi connectivity index (χ4v) is 4.32. The number of nitrogens with one attached hydrogen (secondary N) is 1. The maximum atomic E-state index is 12.7. The Hall–Kier alpha value is -3.41. The molecule has 0 spiro atoms. The van der Waals surface area contributed by atoms with Crippen LogP contribution < -0.4 is 14.8 Å². The zero-order valence-electron chi connectivity index (χ0n) is 18.9. The van der Waals surface area contributed by atoms with Crippen LogP contribution in [0.15, 0.2) is 71.4 Å². The molecule has 5 nitrogen and oxygen atoms in total. The topological polar surface area (TPSA) is 60.7 Å². The van der Waals surface area contributed by atoms with E-state index in [0.717, 1.165) is 39.0 Å². The van der Waals surface area contributed by atoms with Gasteiger partial charge in [0.25, 0.3) is 0 Å². The van der Waals surface area contributed by atoms with E-state index >= 15 is 0 Å². The highest BCUT2D eigenvalue weighted by atomic mass is 35.5. The van der Waals surface area contributed by atoms with E-state index in [2.05, 4.69) is 5.32 Å². The molecule has 3 aromatic carbocycles. The predicted molar refractivity (Wildman–Crippen MR) is 137 cm³/mol. The Morgan fingerprint density at radius 1 is 1.00 bits per heavy atom. The third kappa shape index (κ3) is 4.91. The molecule has 0 saturated carbocycles. The monoisotopic (exact) mass is 495 g/mol. The summed E-state index contributed by atoms with van der Waals surface area (Å²) in [7, 11) is 3.19. The lowest BCUT2D eigenvalue weighted by Gasteiger charge is -2.11. The predicted octanol–water partition coefficient (Wildman–Crippen LogP) is 7.14. The van der Waals surface area contributed by atoms with E-state index in [1.165, 1.54) is 0 Å². The molecular formula is C27H23Cl2NO4. The average molecular weight is 496 g/mol. The van der Waals surface area contributed by atoms with Crippen molar-refractivity contribution in [3.63, 3.8) is 0 Å². The highest BCUT2D eigenvalue weighted by molar-refractivity contribution is 6.36. The third-order valence-corrected chi connectivity index (χ3v) is 6.08. The van der Waals surface area contributed by atoms with Crippen molar-refractivity contribution in [3.8, 4) is 22.6 Å². The number of fused-ring (bicyclic) bond motifs is 1. The summed E-state index contributed by atoms with van der Waals surface area (Å²) in [4.78, 5) is 12.7. The first-order valence-corrected chi connectivity index (χ1v) is 11.3. The van der Waals surface area contributed by atoms with Gasteiger partial charge in [0, 0.05) is 51.3 Å². The average Bonchev–Trinajstić information content (AvgIpc) is 3.24. The van der Waals surface area contributed by atoms with Crippen molar-refractivity contribution < 1.29 is 18.7 Å². The number of ether oxygens (including phenoxy) is 2. The molecule has 0 bridgehead atoms. The molecule has 0 aliphatic heterocycles. The SMILES string of the molecule is COc1ccccc1CNC(=O)/C=C(\C)c1cc2c(-c3ccc(Cl)cc3Cl)coc2cc1OC. The number of hydrogen-bond donors (Lipinski definition) is 1. The summed E-state index contributed by atoms with van der Waals surface area (Å²) in [6.45, 7) is 2.21. The van der Waals surface area contributed by atoms with Crippen LogP contribution in [0.5, 0.6) is 11.5 Å². The van der Waals surface area contributed by atoms with Crippen LogP contribution in [-0.2, 0) is 11.3 Å². The normalized spacial score (nSPS) is 11.5. The summed E-state index contributed by atoms with van der Waals surface area (Å²) in [5.41, 5.74) is 4.69. The zero-order valence-corrected chi connectivity index (χ0v) is 20.5. The molecule has 4 rings (SSSR count). The van der Waals surface area contributed by atoms with Crippen LogP contribution >= 0.6 is 23.2 Å². The van der Waals surface area contributed by atoms with Crippen LogP contribution in [0.1, 0.15) is 18.1 Å². The number of halogens is 2. The van der Waals surface area contributed by atoms with Gasteiger partial charge < -0.3 is 19.2 Å². The summed E-state index contributed by atoms with van der Waals surface area (Å²) in [5, 5.41) is 4.84. The van der Waals surface area contributed by atoms with E-state index in [-0.39, 0.29) is 5.91 Å². The van der Waals surface area contributed by atoms with E-state index in [1.54, 1.807) is 38.7 Å². The van der Waals surface area contributed by atoms with Crippen molar-refractivity contribution in [2.45, 2.75) is 13.5 Å². The molecule has 7 heteroatoms. The van der Waals surface area contributed by atoms with Crippen LogP contribution in [0.4, 0.5) is 0 Å². The van der Waals surface area contributed by atoms with Crippen molar-refractivity contribution in [1.82, 2.24) is 5.32 Å². The third-order valence-electron chi connectivity index (χ3n) is 5.53. The summed E-state index contributed by atoms with van der Waals surface area (Å²) < 4.78 is 16.7. The van der Waals surface area contributed by atoms with Crippen molar-refractivity contribution in [2.24, 2.45) is 0 Å². The van der Waals surface area contributed by atoms with Gasteiger partial charge in [-0.2, -0.15) is 0 Å². The molecule has 174 valence electrons. The van der Waals surface area contributed by atoms with Crippen LogP contribution in [0.2, 0.25) is 10.0 Å². The van der Waals surface area contributed by atoms with Crippen LogP contribution in [0.3, 0.4) is 0 Å². The number of rotatable bonds is 7. The van der Waals surface area contributed by atoms with Crippen LogP contribution in [0.25, 0.3) is 27.7 Å². The van der Waals surface area contributed by atoms with Crippen molar-refractivity contribution in [3.05, 3.63) is 88.1 Å². The number of furan rings is 1. The van der Waals surface area contributed by atoms with Gasteiger partial charge >= 0.3 is 0 Å². The molecule has 0 atom stereocenters. The standard InChI is InChI=1S/C27H23Cl2NO4/c1-16(10-27(31)30-14-17-6-4-5-7-24(17)32-2)20-12-21-22(15-34-26(21)13-25(20)33-3)19-9-8-18(28)11-23(19)29/h4-13,15H,14H2,1-3H3,(H,30,31)/b16-10+. The lowest BCUT2D eigenvalue weighted by Crippen LogP contribution is -2.21.